The Kier molecular flexibility index (Phi) is 11.1. The molecule has 12 heteroatoms. The first-order chi connectivity index (χ1) is 22.1. The van der Waals surface area contributed by atoms with E-state index in [1.807, 2.05) is 14.1 Å². The van der Waals surface area contributed by atoms with Gasteiger partial charge in [0.05, 0.1) is 16.9 Å². The van der Waals surface area contributed by atoms with Crippen LogP contribution in [0.15, 0.2) is 78.9 Å². The van der Waals surface area contributed by atoms with Crippen molar-refractivity contribution in [3.63, 3.8) is 0 Å². The lowest BCUT2D eigenvalue weighted by Gasteiger charge is -2.28. The van der Waals surface area contributed by atoms with Crippen LogP contribution in [0.2, 0.25) is 0 Å². The highest BCUT2D eigenvalue weighted by Gasteiger charge is 2.35. The minimum atomic E-state index is -4.47. The van der Waals surface area contributed by atoms with Crippen molar-refractivity contribution in [2.24, 2.45) is 0 Å². The minimum Gasteiger partial charge on any atom is -0.444 e. The Bertz CT molecular complexity index is 1580. The third-order valence-electron chi connectivity index (χ3n) is 7.52. The summed E-state index contributed by atoms with van der Waals surface area (Å²) in [6.07, 6.45) is -1.27. The highest BCUT2D eigenvalue weighted by molar-refractivity contribution is 6.05. The summed E-state index contributed by atoms with van der Waals surface area (Å²) >= 11 is 0. The molecule has 0 spiro atoms. The van der Waals surface area contributed by atoms with Crippen molar-refractivity contribution in [3.8, 4) is 0 Å². The van der Waals surface area contributed by atoms with Crippen molar-refractivity contribution in [1.29, 1.82) is 0 Å². The van der Waals surface area contributed by atoms with Gasteiger partial charge >= 0.3 is 12.3 Å². The third kappa shape index (κ3) is 10.2. The minimum absolute atomic E-state index is 0.251. The van der Waals surface area contributed by atoms with Crippen LogP contribution in [-0.4, -0.2) is 66.5 Å². The predicted molar refractivity (Wildman–Crippen MR) is 177 cm³/mol. The zero-order valence-corrected chi connectivity index (χ0v) is 27.0. The topological polar surface area (TPSA) is 103 Å². The molecule has 0 radical (unpaired) electrons. The summed E-state index contributed by atoms with van der Waals surface area (Å²) in [4.78, 5) is 42.8. The van der Waals surface area contributed by atoms with E-state index in [9.17, 15) is 27.6 Å². The predicted octanol–water partition coefficient (Wildman–Crippen LogP) is 7.02. The van der Waals surface area contributed by atoms with Crippen LogP contribution in [0.25, 0.3) is 6.08 Å². The number of carbonyl (C=O) groups is 3. The van der Waals surface area contributed by atoms with Gasteiger partial charge in [0.15, 0.2) is 0 Å². The van der Waals surface area contributed by atoms with E-state index in [1.54, 1.807) is 75.4 Å². The highest BCUT2D eigenvalue weighted by atomic mass is 19.4. The second kappa shape index (κ2) is 14.8. The lowest BCUT2D eigenvalue weighted by molar-refractivity contribution is -0.137. The molecule has 9 nitrogen and oxygen atoms in total. The van der Waals surface area contributed by atoms with Gasteiger partial charge < -0.3 is 20.3 Å². The van der Waals surface area contributed by atoms with Crippen LogP contribution in [0.4, 0.5) is 35.0 Å². The number of hydrogen-bond acceptors (Lipinski definition) is 6. The summed E-state index contributed by atoms with van der Waals surface area (Å²) in [5, 5.41) is 8.18. The first-order valence-corrected chi connectivity index (χ1v) is 15.2. The number of amides is 3. The Morgan fingerprint density at radius 1 is 0.894 bits per heavy atom. The average Bonchev–Trinajstić information content (AvgIpc) is 3.47. The summed E-state index contributed by atoms with van der Waals surface area (Å²) in [5.74, 6) is -0.779. The fourth-order valence-corrected chi connectivity index (χ4v) is 5.16. The second-order valence-electron chi connectivity index (χ2n) is 12.5. The van der Waals surface area contributed by atoms with E-state index < -0.39 is 35.4 Å². The number of likely N-dealkylation sites (tertiary alicyclic amines) is 1. The summed E-state index contributed by atoms with van der Waals surface area (Å²) in [5.41, 5.74) is 0.985. The molecule has 3 aromatic carbocycles. The number of para-hydroxylation sites is 2. The van der Waals surface area contributed by atoms with E-state index in [1.165, 1.54) is 18.2 Å². The largest absolute Gasteiger partial charge is 0.444 e. The Morgan fingerprint density at radius 2 is 1.51 bits per heavy atom. The smallest absolute Gasteiger partial charge is 0.416 e. The molecule has 47 heavy (non-hydrogen) atoms. The van der Waals surface area contributed by atoms with Gasteiger partial charge in [0.1, 0.15) is 11.6 Å². The molecule has 1 aliphatic heterocycles. The SMILES string of the molecule is CN(C)[C@H]1CCN(C(C(=O)Nc2ccc(C(F)(F)F)cc2)c2ccc(/C=C/C(=O)Nc3ccccc3NC(=O)OC(C)(C)C)cc2)C1. The molecule has 1 saturated heterocycles. The van der Waals surface area contributed by atoms with E-state index in [-0.39, 0.29) is 17.6 Å². The molecule has 4 rings (SSSR count). The molecule has 1 aliphatic rings. The molecule has 0 saturated carbocycles. The number of nitrogens with one attached hydrogen (secondary N) is 3. The van der Waals surface area contributed by atoms with E-state index >= 15 is 0 Å². The molecule has 1 fully saturated rings. The molecular weight excluding hydrogens is 611 g/mol. The number of nitrogens with zero attached hydrogens (tertiary/aromatic N) is 2. The molecule has 250 valence electrons. The monoisotopic (exact) mass is 651 g/mol. The molecule has 0 bridgehead atoms. The van der Waals surface area contributed by atoms with Gasteiger partial charge in [-0.3, -0.25) is 19.8 Å². The van der Waals surface area contributed by atoms with Gasteiger partial charge in [0.25, 0.3) is 0 Å². The van der Waals surface area contributed by atoms with Crippen LogP contribution in [0.5, 0.6) is 0 Å². The number of likely N-dealkylation sites (N-methyl/N-ethyl adjacent to an activating group) is 1. The maximum absolute atomic E-state index is 13.6. The first kappa shape index (κ1) is 35.2. The fraction of sp³-hybridized carbons (Fsp3) is 0.343. The van der Waals surface area contributed by atoms with Crippen LogP contribution in [0.3, 0.4) is 0 Å². The van der Waals surface area contributed by atoms with Crippen LogP contribution < -0.4 is 16.0 Å². The number of ether oxygens (including phenoxy) is 1. The summed E-state index contributed by atoms with van der Waals surface area (Å²) < 4.78 is 44.4. The van der Waals surface area contributed by atoms with Crippen LogP contribution in [0, 0.1) is 0 Å². The van der Waals surface area contributed by atoms with E-state index in [0.717, 1.165) is 18.6 Å². The van der Waals surface area contributed by atoms with Gasteiger partial charge in [0.2, 0.25) is 11.8 Å². The molecule has 3 amide bonds. The Morgan fingerprint density at radius 3 is 2.06 bits per heavy atom. The van der Waals surface area contributed by atoms with Gasteiger partial charge in [0, 0.05) is 30.9 Å². The number of alkyl halides is 3. The maximum atomic E-state index is 13.6. The van der Waals surface area contributed by atoms with Crippen molar-refractivity contribution in [3.05, 3.63) is 95.6 Å². The second-order valence-corrected chi connectivity index (χ2v) is 12.5. The number of halogens is 3. The highest BCUT2D eigenvalue weighted by Crippen LogP contribution is 2.32. The quantitative estimate of drug-likeness (QED) is 0.215. The number of rotatable bonds is 9. The lowest BCUT2D eigenvalue weighted by atomic mass is 10.0. The molecule has 1 heterocycles. The normalized spacial score (nSPS) is 16.2. The van der Waals surface area contributed by atoms with E-state index in [2.05, 4.69) is 25.8 Å². The zero-order valence-electron chi connectivity index (χ0n) is 27.0. The Labute approximate surface area is 272 Å². The standard InChI is InChI=1S/C35H40F3N5O4/c1-34(2,3)47-33(46)41-29-9-7-6-8-28(29)40-30(44)19-12-23-10-13-24(14-11-23)31(43-21-20-27(22-43)42(4)5)32(45)39-26-17-15-25(16-18-26)35(36,37)38/h6-19,27,31H,20-22H2,1-5H3,(H,39,45)(H,40,44)(H,41,46)/b19-12+/t27-,31?/m0/s1. The van der Waals surface area contributed by atoms with Crippen LogP contribution >= 0.6 is 0 Å². The van der Waals surface area contributed by atoms with Crippen molar-refractivity contribution in [2.75, 3.05) is 43.1 Å². The zero-order chi connectivity index (χ0) is 34.4. The van der Waals surface area contributed by atoms with Crippen LogP contribution in [0.1, 0.15) is 49.9 Å². The molecule has 3 N–H and O–H groups in total. The molecule has 3 aromatic rings. The van der Waals surface area contributed by atoms with Crippen LogP contribution in [-0.2, 0) is 20.5 Å². The summed E-state index contributed by atoms with van der Waals surface area (Å²) in [6.45, 7) is 6.57. The number of hydrogen-bond donors (Lipinski definition) is 3. The van der Waals surface area contributed by atoms with Gasteiger partial charge in [-0.25, -0.2) is 4.79 Å². The van der Waals surface area contributed by atoms with Crippen molar-refractivity contribution in [2.45, 2.75) is 51.1 Å². The summed E-state index contributed by atoms with van der Waals surface area (Å²) in [6, 6.07) is 17.9. The Hall–Kier alpha value is -4.68. The van der Waals surface area contributed by atoms with Gasteiger partial charge in [-0.2, -0.15) is 13.2 Å². The molecular formula is C35H40F3N5O4. The van der Waals surface area contributed by atoms with E-state index in [0.29, 0.717) is 35.6 Å². The van der Waals surface area contributed by atoms with Gasteiger partial charge in [-0.05, 0) is 94.9 Å². The first-order valence-electron chi connectivity index (χ1n) is 15.2. The lowest BCUT2D eigenvalue weighted by Crippen LogP contribution is -2.38. The third-order valence-corrected chi connectivity index (χ3v) is 7.52. The van der Waals surface area contributed by atoms with Crippen molar-refractivity contribution >= 4 is 41.0 Å². The van der Waals surface area contributed by atoms with E-state index in [4.69, 9.17) is 4.74 Å². The molecule has 2 atom stereocenters. The number of anilines is 3. The fourth-order valence-electron chi connectivity index (χ4n) is 5.16. The number of benzene rings is 3. The molecule has 0 aromatic heterocycles. The van der Waals surface area contributed by atoms with Crippen molar-refractivity contribution in [1.82, 2.24) is 9.80 Å². The average molecular weight is 652 g/mol. The van der Waals surface area contributed by atoms with Crippen molar-refractivity contribution < 1.29 is 32.3 Å². The Balaban J connectivity index is 1.46. The molecule has 1 unspecified atom stereocenters. The maximum Gasteiger partial charge on any atom is 0.416 e. The summed E-state index contributed by atoms with van der Waals surface area (Å²) in [7, 11) is 3.97. The number of carbonyl (C=O) groups excluding carboxylic acids is 3. The van der Waals surface area contributed by atoms with Gasteiger partial charge in [-0.1, -0.05) is 36.4 Å². The van der Waals surface area contributed by atoms with Gasteiger partial charge in [-0.15, -0.1) is 0 Å². The molecule has 0 aliphatic carbocycles.